The highest BCUT2D eigenvalue weighted by Crippen LogP contribution is 2.44. The molecule has 0 aliphatic carbocycles. The Labute approximate surface area is 278 Å². The van der Waals surface area contributed by atoms with Crippen LogP contribution in [0.15, 0.2) is 97.1 Å². The third-order valence-corrected chi connectivity index (χ3v) is 9.11. The molecule has 46 heavy (non-hydrogen) atoms. The molecule has 0 amide bonds. The SMILES string of the molecule is Cc1ccc(N(c2ccc(N(c3ccc(C)cc3)c3c(C)cc(C(C)(C)C)cc3C)cc2)c2c(C)cc(C(C)(C)C)cc2C)cc1. The van der Waals surface area contributed by atoms with Crippen LogP contribution in [0.2, 0.25) is 0 Å². The molecule has 0 unspecified atom stereocenters. The second-order valence-electron chi connectivity index (χ2n) is 15.3. The highest BCUT2D eigenvalue weighted by molar-refractivity contribution is 5.85. The average Bonchev–Trinajstić information content (AvgIpc) is 2.97. The van der Waals surface area contributed by atoms with Crippen LogP contribution >= 0.6 is 0 Å². The van der Waals surface area contributed by atoms with Crippen molar-refractivity contribution in [1.29, 1.82) is 0 Å². The van der Waals surface area contributed by atoms with Crippen molar-refractivity contribution in [2.45, 2.75) is 93.9 Å². The maximum atomic E-state index is 2.42. The lowest BCUT2D eigenvalue weighted by molar-refractivity contribution is 0.589. The average molecular weight is 609 g/mol. The van der Waals surface area contributed by atoms with Gasteiger partial charge in [-0.15, -0.1) is 0 Å². The van der Waals surface area contributed by atoms with Crippen LogP contribution in [0.5, 0.6) is 0 Å². The van der Waals surface area contributed by atoms with Crippen LogP contribution in [0, 0.1) is 41.5 Å². The van der Waals surface area contributed by atoms with Gasteiger partial charge in [-0.1, -0.05) is 101 Å². The number of rotatable bonds is 6. The summed E-state index contributed by atoms with van der Waals surface area (Å²) in [6.45, 7) is 27.0. The van der Waals surface area contributed by atoms with Gasteiger partial charge in [0.05, 0.1) is 11.4 Å². The number of anilines is 6. The van der Waals surface area contributed by atoms with Crippen molar-refractivity contribution >= 4 is 34.1 Å². The molecule has 2 nitrogen and oxygen atoms in total. The zero-order chi connectivity index (χ0) is 33.6. The summed E-state index contributed by atoms with van der Waals surface area (Å²) < 4.78 is 0. The third-order valence-electron chi connectivity index (χ3n) is 9.11. The molecular weight excluding hydrogens is 556 g/mol. The first-order valence-electron chi connectivity index (χ1n) is 16.6. The van der Waals surface area contributed by atoms with Crippen LogP contribution in [0.4, 0.5) is 34.1 Å². The van der Waals surface area contributed by atoms with Crippen molar-refractivity contribution in [1.82, 2.24) is 0 Å². The molecule has 0 aliphatic rings. The number of aryl methyl sites for hydroxylation is 6. The Kier molecular flexibility index (Phi) is 8.97. The maximum Gasteiger partial charge on any atom is 0.0520 e. The van der Waals surface area contributed by atoms with E-state index in [1.807, 2.05) is 0 Å². The van der Waals surface area contributed by atoms with Gasteiger partial charge in [-0.2, -0.15) is 0 Å². The number of hydrogen-bond acceptors (Lipinski definition) is 2. The summed E-state index contributed by atoms with van der Waals surface area (Å²) in [5.41, 5.74) is 17.6. The molecule has 5 aromatic carbocycles. The van der Waals surface area contributed by atoms with E-state index in [2.05, 4.69) is 190 Å². The summed E-state index contributed by atoms with van der Waals surface area (Å²) >= 11 is 0. The Morgan fingerprint density at radius 2 is 0.565 bits per heavy atom. The van der Waals surface area contributed by atoms with E-state index in [1.165, 1.54) is 55.9 Å². The number of benzene rings is 5. The van der Waals surface area contributed by atoms with Crippen molar-refractivity contribution < 1.29 is 0 Å². The van der Waals surface area contributed by atoms with E-state index >= 15 is 0 Å². The molecule has 0 aromatic heterocycles. The minimum Gasteiger partial charge on any atom is -0.310 e. The molecule has 0 saturated heterocycles. The van der Waals surface area contributed by atoms with Gasteiger partial charge in [-0.3, -0.25) is 0 Å². The van der Waals surface area contributed by atoms with Gasteiger partial charge in [-0.25, -0.2) is 0 Å². The first-order chi connectivity index (χ1) is 21.5. The van der Waals surface area contributed by atoms with Crippen molar-refractivity contribution in [2.24, 2.45) is 0 Å². The van der Waals surface area contributed by atoms with E-state index in [0.717, 1.165) is 22.7 Å². The topological polar surface area (TPSA) is 6.48 Å². The molecule has 0 heterocycles. The molecule has 0 atom stereocenters. The summed E-state index contributed by atoms with van der Waals surface area (Å²) in [5, 5.41) is 0. The highest BCUT2D eigenvalue weighted by Gasteiger charge is 2.24. The lowest BCUT2D eigenvalue weighted by Gasteiger charge is -2.32. The van der Waals surface area contributed by atoms with Gasteiger partial charge >= 0.3 is 0 Å². The summed E-state index contributed by atoms with van der Waals surface area (Å²) in [4.78, 5) is 4.84. The lowest BCUT2D eigenvalue weighted by atomic mass is 9.84. The minimum absolute atomic E-state index is 0.0885. The van der Waals surface area contributed by atoms with Gasteiger partial charge in [0.25, 0.3) is 0 Å². The second-order valence-corrected chi connectivity index (χ2v) is 15.3. The molecule has 0 N–H and O–H groups in total. The predicted molar refractivity (Wildman–Crippen MR) is 202 cm³/mol. The fourth-order valence-electron chi connectivity index (χ4n) is 6.44. The van der Waals surface area contributed by atoms with Crippen molar-refractivity contribution in [3.63, 3.8) is 0 Å². The van der Waals surface area contributed by atoms with E-state index in [4.69, 9.17) is 0 Å². The Morgan fingerprint density at radius 3 is 0.783 bits per heavy atom. The Hall–Kier alpha value is -4.30. The molecule has 0 bridgehead atoms. The second kappa shape index (κ2) is 12.5. The van der Waals surface area contributed by atoms with E-state index in [-0.39, 0.29) is 10.8 Å². The molecular formula is C44H52N2. The molecule has 2 heteroatoms. The molecule has 0 aliphatic heterocycles. The monoisotopic (exact) mass is 608 g/mol. The van der Waals surface area contributed by atoms with Gasteiger partial charge in [0.1, 0.15) is 0 Å². The predicted octanol–water partition coefficient (Wildman–Crippen LogP) is 13.1. The van der Waals surface area contributed by atoms with Crippen molar-refractivity contribution in [3.8, 4) is 0 Å². The van der Waals surface area contributed by atoms with Gasteiger partial charge in [0.15, 0.2) is 0 Å². The molecule has 0 spiro atoms. The van der Waals surface area contributed by atoms with Crippen LogP contribution in [-0.4, -0.2) is 0 Å². The third kappa shape index (κ3) is 6.77. The van der Waals surface area contributed by atoms with Crippen molar-refractivity contribution in [3.05, 3.63) is 142 Å². The van der Waals surface area contributed by atoms with Crippen LogP contribution in [0.3, 0.4) is 0 Å². The van der Waals surface area contributed by atoms with Crippen LogP contribution in [0.1, 0.15) is 86.1 Å². The van der Waals surface area contributed by atoms with Crippen LogP contribution in [-0.2, 0) is 10.8 Å². The fourth-order valence-corrected chi connectivity index (χ4v) is 6.44. The molecule has 5 aromatic rings. The normalized spacial score (nSPS) is 11.9. The Morgan fingerprint density at radius 1 is 0.348 bits per heavy atom. The molecule has 5 rings (SSSR count). The highest BCUT2D eigenvalue weighted by atomic mass is 15.2. The van der Waals surface area contributed by atoms with Crippen molar-refractivity contribution in [2.75, 3.05) is 9.80 Å². The van der Waals surface area contributed by atoms with Crippen LogP contribution < -0.4 is 9.80 Å². The maximum absolute atomic E-state index is 2.42. The molecule has 238 valence electrons. The van der Waals surface area contributed by atoms with E-state index < -0.39 is 0 Å². The first kappa shape index (κ1) is 33.1. The lowest BCUT2D eigenvalue weighted by Crippen LogP contribution is -2.17. The summed E-state index contributed by atoms with van der Waals surface area (Å²) in [5.74, 6) is 0. The van der Waals surface area contributed by atoms with Gasteiger partial charge in [0.2, 0.25) is 0 Å². The quantitative estimate of drug-likeness (QED) is 0.189. The van der Waals surface area contributed by atoms with Gasteiger partial charge in [-0.05, 0) is 134 Å². The Bertz CT molecular complexity index is 1640. The van der Waals surface area contributed by atoms with Gasteiger partial charge in [0, 0.05) is 22.7 Å². The molecule has 0 radical (unpaired) electrons. The van der Waals surface area contributed by atoms with E-state index in [1.54, 1.807) is 0 Å². The van der Waals surface area contributed by atoms with Gasteiger partial charge < -0.3 is 9.80 Å². The van der Waals surface area contributed by atoms with Crippen LogP contribution in [0.25, 0.3) is 0 Å². The standard InChI is InChI=1S/C44H52N2/c1-29-13-17-37(18-14-29)45(41-31(3)25-35(26-32(41)4)43(7,8)9)39-21-23-40(24-22-39)46(38-19-15-30(2)16-20-38)42-33(5)27-36(28-34(42)6)44(10,11)12/h13-28H,1-12H3. The zero-order valence-electron chi connectivity index (χ0n) is 30.1. The molecule has 0 fully saturated rings. The summed E-state index contributed by atoms with van der Waals surface area (Å²) in [6, 6.07) is 36.3. The number of nitrogens with zero attached hydrogens (tertiary/aromatic N) is 2. The van der Waals surface area contributed by atoms with E-state index in [9.17, 15) is 0 Å². The Balaban J connectivity index is 1.67. The summed E-state index contributed by atoms with van der Waals surface area (Å²) in [7, 11) is 0. The fraction of sp³-hybridized carbons (Fsp3) is 0.318. The number of hydrogen-bond donors (Lipinski definition) is 0. The largest absolute Gasteiger partial charge is 0.310 e. The van der Waals surface area contributed by atoms with E-state index in [0.29, 0.717) is 0 Å². The summed E-state index contributed by atoms with van der Waals surface area (Å²) in [6.07, 6.45) is 0. The molecule has 0 saturated carbocycles. The smallest absolute Gasteiger partial charge is 0.0520 e. The minimum atomic E-state index is 0.0885. The first-order valence-corrected chi connectivity index (χ1v) is 16.6. The zero-order valence-corrected chi connectivity index (χ0v) is 30.1.